The maximum absolute atomic E-state index is 13.6. The molecule has 2 N–H and O–H groups in total. The number of rotatable bonds is 12. The number of pyridine rings is 1. The molecule has 0 spiro atoms. The Morgan fingerprint density at radius 2 is 2.00 bits per heavy atom. The number of aromatic nitrogens is 3. The van der Waals surface area contributed by atoms with Gasteiger partial charge in [-0.05, 0) is 69.5 Å². The fraction of sp³-hybridized carbons (Fsp3) is 0.600. The summed E-state index contributed by atoms with van der Waals surface area (Å²) < 4.78 is 27.2. The summed E-state index contributed by atoms with van der Waals surface area (Å²) in [4.78, 5) is 26.4. The molecule has 10 heteroatoms. The Labute approximate surface area is 209 Å². The molecule has 0 unspecified atom stereocenters. The molecule has 0 bridgehead atoms. The molecule has 7 nitrogen and oxygen atoms in total. The van der Waals surface area contributed by atoms with E-state index in [1.165, 1.54) is 36.5 Å². The third-order valence-corrected chi connectivity index (χ3v) is 7.11. The number of aliphatic carboxylic acids is 1. The Morgan fingerprint density at radius 3 is 2.74 bits per heavy atom. The predicted molar refractivity (Wildman–Crippen MR) is 130 cm³/mol. The Morgan fingerprint density at radius 1 is 1.20 bits per heavy atom. The number of aryl methyl sites for hydroxylation is 3. The molecule has 0 radical (unpaired) electrons. The molecule has 0 saturated heterocycles. The number of alkyl halides is 2. The standard InChI is InChI=1S/C25H32ClF2N5O2/c26-22-13-23(30-16-29-22)32-21(24(34)35)10-12-33(19-14-25(27,28)15-19)11-4-3-6-18-9-8-17-5-1-2-7-20(17)31-18/h8-9,13,16,19,21H,1-7,10-12,14-15H2,(H,34,35)(H,29,30,32)/t21-/m0/s1. The smallest absolute Gasteiger partial charge is 0.326 e. The van der Waals surface area contributed by atoms with Crippen LogP contribution in [0.2, 0.25) is 5.15 Å². The molecule has 190 valence electrons. The first-order valence-electron chi connectivity index (χ1n) is 12.4. The van der Waals surface area contributed by atoms with Crippen LogP contribution in [-0.2, 0) is 24.1 Å². The average molecular weight is 508 g/mol. The van der Waals surface area contributed by atoms with Gasteiger partial charge in [-0.25, -0.2) is 23.5 Å². The van der Waals surface area contributed by atoms with Crippen LogP contribution in [0.5, 0.6) is 0 Å². The summed E-state index contributed by atoms with van der Waals surface area (Å²) in [6.07, 6.45) is 8.35. The highest BCUT2D eigenvalue weighted by Crippen LogP contribution is 2.40. The van der Waals surface area contributed by atoms with E-state index in [2.05, 4.69) is 27.4 Å². The molecule has 4 rings (SSSR count). The monoisotopic (exact) mass is 507 g/mol. The first-order valence-corrected chi connectivity index (χ1v) is 12.7. The third kappa shape index (κ3) is 7.30. The minimum atomic E-state index is -2.63. The number of anilines is 1. The lowest BCUT2D eigenvalue weighted by Crippen LogP contribution is -2.52. The van der Waals surface area contributed by atoms with E-state index in [-0.39, 0.29) is 30.5 Å². The lowest BCUT2D eigenvalue weighted by Gasteiger charge is -2.43. The molecule has 2 aromatic heterocycles. The number of fused-ring (bicyclic) bond motifs is 1. The van der Waals surface area contributed by atoms with Gasteiger partial charge in [-0.3, -0.25) is 9.88 Å². The molecule has 0 amide bonds. The molecule has 2 aromatic rings. The second-order valence-electron chi connectivity index (χ2n) is 9.58. The van der Waals surface area contributed by atoms with Gasteiger partial charge < -0.3 is 10.4 Å². The summed E-state index contributed by atoms with van der Waals surface area (Å²) in [5.41, 5.74) is 3.68. The SMILES string of the molecule is O=C(O)[C@H](CCN(CCCCc1ccc2c(n1)CCCC2)C1CC(F)(F)C1)Nc1cc(Cl)ncn1. The van der Waals surface area contributed by atoms with Crippen molar-refractivity contribution < 1.29 is 18.7 Å². The van der Waals surface area contributed by atoms with E-state index in [0.717, 1.165) is 37.8 Å². The number of carboxylic acids is 1. The Bertz CT molecular complexity index is 1020. The average Bonchev–Trinajstić information content (AvgIpc) is 2.81. The number of hydrogen-bond donors (Lipinski definition) is 2. The summed E-state index contributed by atoms with van der Waals surface area (Å²) in [7, 11) is 0. The van der Waals surface area contributed by atoms with Gasteiger partial charge in [-0.15, -0.1) is 0 Å². The quantitative estimate of drug-likeness (QED) is 0.315. The van der Waals surface area contributed by atoms with Gasteiger partial charge in [0.25, 0.3) is 5.92 Å². The minimum Gasteiger partial charge on any atom is -0.480 e. The van der Waals surface area contributed by atoms with Gasteiger partial charge in [0.15, 0.2) is 0 Å². The fourth-order valence-electron chi connectivity index (χ4n) is 4.90. The molecule has 2 aliphatic carbocycles. The van der Waals surface area contributed by atoms with Crippen molar-refractivity contribution in [3.05, 3.63) is 46.6 Å². The van der Waals surface area contributed by atoms with E-state index in [1.807, 2.05) is 4.90 Å². The molecule has 1 fully saturated rings. The summed E-state index contributed by atoms with van der Waals surface area (Å²) >= 11 is 5.86. The van der Waals surface area contributed by atoms with Crippen LogP contribution < -0.4 is 5.32 Å². The van der Waals surface area contributed by atoms with Crippen molar-refractivity contribution in [3.8, 4) is 0 Å². The van der Waals surface area contributed by atoms with Crippen molar-refractivity contribution in [1.82, 2.24) is 19.9 Å². The van der Waals surface area contributed by atoms with Gasteiger partial charge >= 0.3 is 5.97 Å². The van der Waals surface area contributed by atoms with Crippen LogP contribution in [0.3, 0.4) is 0 Å². The second kappa shape index (κ2) is 11.6. The Kier molecular flexibility index (Phi) is 8.49. The van der Waals surface area contributed by atoms with Crippen LogP contribution in [0, 0.1) is 0 Å². The lowest BCUT2D eigenvalue weighted by atomic mass is 9.86. The summed E-state index contributed by atoms with van der Waals surface area (Å²) in [6, 6.07) is 4.62. The number of carbonyl (C=O) groups is 1. The number of nitrogens with one attached hydrogen (secondary N) is 1. The number of unbranched alkanes of at least 4 members (excludes halogenated alkanes) is 1. The predicted octanol–water partition coefficient (Wildman–Crippen LogP) is 4.78. The molecule has 1 atom stereocenters. The van der Waals surface area contributed by atoms with Crippen LogP contribution in [0.25, 0.3) is 0 Å². The van der Waals surface area contributed by atoms with E-state index in [9.17, 15) is 18.7 Å². The van der Waals surface area contributed by atoms with Crippen molar-refractivity contribution in [3.63, 3.8) is 0 Å². The normalized spacial score (nSPS) is 18.1. The van der Waals surface area contributed by atoms with Crippen molar-refractivity contribution in [1.29, 1.82) is 0 Å². The molecule has 2 aliphatic rings. The number of halogens is 3. The first kappa shape index (κ1) is 25.7. The van der Waals surface area contributed by atoms with E-state index >= 15 is 0 Å². The maximum atomic E-state index is 13.6. The molecule has 0 aliphatic heterocycles. The number of carboxylic acid groups (broad SMARTS) is 1. The minimum absolute atomic E-state index is 0.175. The van der Waals surface area contributed by atoms with E-state index in [4.69, 9.17) is 16.6 Å². The van der Waals surface area contributed by atoms with Crippen molar-refractivity contribution in [2.24, 2.45) is 0 Å². The van der Waals surface area contributed by atoms with Gasteiger partial charge in [-0.1, -0.05) is 17.7 Å². The van der Waals surface area contributed by atoms with E-state index in [1.54, 1.807) is 0 Å². The summed E-state index contributed by atoms with van der Waals surface area (Å²) in [5.74, 6) is -3.34. The first-order chi connectivity index (χ1) is 16.8. The largest absolute Gasteiger partial charge is 0.480 e. The zero-order valence-corrected chi connectivity index (χ0v) is 20.5. The third-order valence-electron chi connectivity index (χ3n) is 6.91. The summed E-state index contributed by atoms with van der Waals surface area (Å²) in [5, 5.41) is 12.7. The van der Waals surface area contributed by atoms with Crippen LogP contribution in [0.4, 0.5) is 14.6 Å². The van der Waals surface area contributed by atoms with Crippen LogP contribution in [0.15, 0.2) is 24.5 Å². The Hall–Kier alpha value is -2.39. The molecule has 2 heterocycles. The van der Waals surface area contributed by atoms with Crippen LogP contribution >= 0.6 is 11.6 Å². The van der Waals surface area contributed by atoms with Crippen molar-refractivity contribution >= 4 is 23.4 Å². The number of hydrogen-bond acceptors (Lipinski definition) is 6. The second-order valence-corrected chi connectivity index (χ2v) is 9.96. The molecular formula is C25H32ClF2N5O2. The molecule has 35 heavy (non-hydrogen) atoms. The van der Waals surface area contributed by atoms with Gasteiger partial charge in [0.1, 0.15) is 23.3 Å². The van der Waals surface area contributed by atoms with E-state index < -0.39 is 17.9 Å². The zero-order valence-electron chi connectivity index (χ0n) is 19.7. The lowest BCUT2D eigenvalue weighted by molar-refractivity contribution is -0.139. The maximum Gasteiger partial charge on any atom is 0.326 e. The van der Waals surface area contributed by atoms with Gasteiger partial charge in [0, 0.05) is 42.9 Å². The highest BCUT2D eigenvalue weighted by molar-refractivity contribution is 6.29. The summed E-state index contributed by atoms with van der Waals surface area (Å²) in [6.45, 7) is 1.05. The zero-order chi connectivity index (χ0) is 24.8. The molecular weight excluding hydrogens is 476 g/mol. The van der Waals surface area contributed by atoms with Gasteiger partial charge in [0.2, 0.25) is 0 Å². The fourth-order valence-corrected chi connectivity index (χ4v) is 5.04. The Balaban J connectivity index is 1.29. The number of nitrogens with zero attached hydrogens (tertiary/aromatic N) is 4. The molecule has 0 aromatic carbocycles. The van der Waals surface area contributed by atoms with Crippen molar-refractivity contribution in [2.45, 2.75) is 82.2 Å². The highest BCUT2D eigenvalue weighted by Gasteiger charge is 2.47. The topological polar surface area (TPSA) is 91.2 Å². The molecule has 1 saturated carbocycles. The van der Waals surface area contributed by atoms with Crippen LogP contribution in [-0.4, -0.2) is 62.0 Å². The van der Waals surface area contributed by atoms with Crippen LogP contribution in [0.1, 0.15) is 61.9 Å². The van der Waals surface area contributed by atoms with Gasteiger partial charge in [-0.2, -0.15) is 0 Å². The van der Waals surface area contributed by atoms with Gasteiger partial charge in [0.05, 0.1) is 0 Å². The van der Waals surface area contributed by atoms with E-state index in [0.29, 0.717) is 18.9 Å². The highest BCUT2D eigenvalue weighted by atomic mass is 35.5. The van der Waals surface area contributed by atoms with Crippen molar-refractivity contribution in [2.75, 3.05) is 18.4 Å².